The molecule has 11 atom stereocenters. The number of fused-ring (bicyclic) bond motifs is 8. The van der Waals surface area contributed by atoms with E-state index >= 15 is 0 Å². The van der Waals surface area contributed by atoms with E-state index in [0.717, 1.165) is 44.8 Å². The van der Waals surface area contributed by atoms with Crippen molar-refractivity contribution < 1.29 is 63.7 Å². The van der Waals surface area contributed by atoms with Crippen LogP contribution in [-0.2, 0) is 44.6 Å². The molecule has 0 spiro atoms. The van der Waals surface area contributed by atoms with Crippen molar-refractivity contribution in [1.29, 1.82) is 0 Å². The number of carbonyl (C=O) groups is 4. The smallest absolute Gasteiger partial charge is 0.386 e. The van der Waals surface area contributed by atoms with E-state index in [4.69, 9.17) is 44.6 Å². The highest BCUT2D eigenvalue weighted by molar-refractivity contribution is 6.63. The zero-order valence-electron chi connectivity index (χ0n) is 33.8. The minimum atomic E-state index is -3.45. The summed E-state index contributed by atoms with van der Waals surface area (Å²) in [5.41, 5.74) is 0.653. The molecule has 6 bridgehead atoms. The molecule has 314 valence electrons. The Bertz CT molecular complexity index is 2740. The first-order valence-corrected chi connectivity index (χ1v) is 27.1. The standard InChI is InChI=1S/C43H41NO14Si3/c1-5-17-60-49-19-29(52-60)34(53-60)35-36-38(43(4)37-20(3)51-59(6-2,56-37)58-43)57-61(54-35,55-36)18-7-16-44-39(45)25-12-8-21-23-10-14-27-33-28(42(48)50-41(27)47)15-11-24(31(23)33)22-9-13-26(40(44)46)32(25)30(21)22/h8-15,20,29,34-38H,5-7,16-19H2,1-4H3. The van der Waals surface area contributed by atoms with Crippen molar-refractivity contribution in [1.82, 2.24) is 4.90 Å². The fraction of sp³-hybridized carbons (Fsp3) is 0.442. The number of rotatable bonds is 9. The van der Waals surface area contributed by atoms with Crippen LogP contribution in [0.3, 0.4) is 0 Å². The summed E-state index contributed by atoms with van der Waals surface area (Å²) in [6, 6.07) is 16.1. The Morgan fingerprint density at radius 2 is 1.20 bits per heavy atom. The van der Waals surface area contributed by atoms with Gasteiger partial charge in [0.25, 0.3) is 11.8 Å². The molecule has 0 saturated carbocycles. The molecule has 8 aliphatic heterocycles. The molecular formula is C43H41NO14Si3. The molecule has 5 aromatic carbocycles. The number of cyclic esters (lactones) is 2. The van der Waals surface area contributed by atoms with Gasteiger partial charge in [-0.15, -0.1) is 0 Å². The second-order valence-corrected chi connectivity index (χ2v) is 25.7. The number of ether oxygens (including phenoxy) is 1. The predicted molar refractivity (Wildman–Crippen MR) is 220 cm³/mol. The molecule has 6 fully saturated rings. The third kappa shape index (κ3) is 4.77. The third-order valence-corrected chi connectivity index (χ3v) is 23.1. The molecule has 13 rings (SSSR count). The Hall–Kier alpha value is -4.03. The van der Waals surface area contributed by atoms with Gasteiger partial charge in [-0.2, -0.15) is 0 Å². The normalized spacial score (nSPS) is 38.2. The summed E-state index contributed by atoms with van der Waals surface area (Å²) < 4.78 is 64.5. The largest absolute Gasteiger partial charge is 0.502 e. The summed E-state index contributed by atoms with van der Waals surface area (Å²) >= 11 is 0. The van der Waals surface area contributed by atoms with Crippen LogP contribution in [0, 0.1) is 0 Å². The highest BCUT2D eigenvalue weighted by Gasteiger charge is 2.77. The summed E-state index contributed by atoms with van der Waals surface area (Å²) in [6.45, 7) is 8.72. The molecule has 15 nitrogen and oxygen atoms in total. The van der Waals surface area contributed by atoms with Crippen molar-refractivity contribution in [3.8, 4) is 0 Å². The minimum absolute atomic E-state index is 0.118. The number of amides is 2. The van der Waals surface area contributed by atoms with E-state index in [0.29, 0.717) is 58.1 Å². The molecule has 18 heteroatoms. The van der Waals surface area contributed by atoms with Crippen molar-refractivity contribution in [2.75, 3.05) is 13.2 Å². The summed E-state index contributed by atoms with van der Waals surface area (Å²) in [6.07, 6.45) is -1.49. The number of nitrogens with zero attached hydrogens (tertiary/aromatic N) is 1. The first-order valence-electron chi connectivity index (χ1n) is 21.3. The maximum Gasteiger partial charge on any atom is 0.502 e. The van der Waals surface area contributed by atoms with Crippen LogP contribution in [-0.4, -0.2) is 117 Å². The lowest BCUT2D eigenvalue weighted by Crippen LogP contribution is -2.65. The summed E-state index contributed by atoms with van der Waals surface area (Å²) in [5.74, 6) is -2.14. The second kappa shape index (κ2) is 12.4. The number of hydrogen-bond donors (Lipinski definition) is 0. The Kier molecular flexibility index (Phi) is 7.60. The van der Waals surface area contributed by atoms with Crippen LogP contribution >= 0.6 is 0 Å². The first-order chi connectivity index (χ1) is 29.4. The van der Waals surface area contributed by atoms with E-state index < -0.39 is 68.4 Å². The Labute approximate surface area is 351 Å². The van der Waals surface area contributed by atoms with Crippen LogP contribution in [0.2, 0.25) is 18.1 Å². The lowest BCUT2D eigenvalue weighted by molar-refractivity contribution is -0.147. The predicted octanol–water partition coefficient (Wildman–Crippen LogP) is 5.87. The Morgan fingerprint density at radius 3 is 1.80 bits per heavy atom. The van der Waals surface area contributed by atoms with Gasteiger partial charge in [-0.25, -0.2) is 9.59 Å². The third-order valence-electron chi connectivity index (χ3n) is 14.3. The number of imide groups is 1. The monoisotopic (exact) mass is 879 g/mol. The van der Waals surface area contributed by atoms with Crippen LogP contribution in [0.1, 0.15) is 82.0 Å². The second-order valence-electron chi connectivity index (χ2n) is 17.7. The molecule has 0 aliphatic carbocycles. The van der Waals surface area contributed by atoms with Crippen LogP contribution in [0.5, 0.6) is 0 Å². The van der Waals surface area contributed by atoms with Gasteiger partial charge in [0.05, 0.1) is 29.9 Å². The number of esters is 2. The summed E-state index contributed by atoms with van der Waals surface area (Å²) in [7, 11) is -9.19. The highest BCUT2D eigenvalue weighted by atomic mass is 28.4. The fourth-order valence-corrected chi connectivity index (χ4v) is 21.0. The van der Waals surface area contributed by atoms with Crippen LogP contribution in [0.4, 0.5) is 0 Å². The van der Waals surface area contributed by atoms with Crippen LogP contribution in [0.25, 0.3) is 43.1 Å². The van der Waals surface area contributed by atoms with Crippen molar-refractivity contribution in [3.05, 3.63) is 70.8 Å². The molecule has 6 saturated heterocycles. The minimum Gasteiger partial charge on any atom is -0.386 e. The van der Waals surface area contributed by atoms with Crippen molar-refractivity contribution in [2.24, 2.45) is 0 Å². The number of benzene rings is 5. The molecule has 2 amide bonds. The fourth-order valence-electron chi connectivity index (χ4n) is 11.8. The molecular weight excluding hydrogens is 839 g/mol. The highest BCUT2D eigenvalue weighted by Crippen LogP contribution is 2.56. The molecule has 5 aromatic rings. The quantitative estimate of drug-likeness (QED) is 0.0431. The summed E-state index contributed by atoms with van der Waals surface area (Å²) in [4.78, 5) is 55.7. The average molecular weight is 880 g/mol. The van der Waals surface area contributed by atoms with E-state index in [-0.39, 0.29) is 36.7 Å². The maximum absolute atomic E-state index is 14.4. The molecule has 61 heavy (non-hydrogen) atoms. The van der Waals surface area contributed by atoms with Gasteiger partial charge in [0, 0.05) is 46.6 Å². The van der Waals surface area contributed by atoms with Crippen molar-refractivity contribution >= 4 is 93.3 Å². The summed E-state index contributed by atoms with van der Waals surface area (Å²) in [5, 5.41) is 5.95. The molecule has 0 aromatic heterocycles. The SMILES string of the molecule is CCC[Si]12OCC(O1)C(C1O[Si]3(CCCN4C(=O)c5ccc6c7ccc8c9c(ccc(c%10ccc(c5c6%10)C4=O)c97)C(=O)OC8=O)OC1C(C1(C)O[Si]4(CC)OC(C)C1O4)O3)O2. The molecule has 0 radical (unpaired) electrons. The topological polar surface area (TPSA) is 164 Å². The Balaban J connectivity index is 0.815. The van der Waals surface area contributed by atoms with E-state index in [1.165, 1.54) is 4.90 Å². The lowest BCUT2D eigenvalue weighted by atomic mass is 9.83. The molecule has 8 aliphatic rings. The van der Waals surface area contributed by atoms with Gasteiger partial charge >= 0.3 is 38.4 Å². The number of carbonyl (C=O) groups excluding carboxylic acids is 4. The zero-order chi connectivity index (χ0) is 41.5. The zero-order valence-corrected chi connectivity index (χ0v) is 36.8. The lowest BCUT2D eigenvalue weighted by Gasteiger charge is -2.46. The van der Waals surface area contributed by atoms with Gasteiger partial charge in [-0.1, -0.05) is 44.5 Å². The van der Waals surface area contributed by atoms with Crippen molar-refractivity contribution in [3.63, 3.8) is 0 Å². The average Bonchev–Trinajstić information content (AvgIpc) is 4.11. The van der Waals surface area contributed by atoms with E-state index in [1.54, 1.807) is 24.3 Å². The van der Waals surface area contributed by atoms with Gasteiger partial charge < -0.3 is 44.6 Å². The molecule has 11 unspecified atom stereocenters. The maximum atomic E-state index is 14.4. The van der Waals surface area contributed by atoms with E-state index in [9.17, 15) is 19.2 Å². The van der Waals surface area contributed by atoms with Gasteiger partial charge in [0.1, 0.15) is 36.1 Å². The van der Waals surface area contributed by atoms with E-state index in [2.05, 4.69) is 6.92 Å². The number of hydrogen-bond acceptors (Lipinski definition) is 14. The Morgan fingerprint density at radius 1 is 0.623 bits per heavy atom. The van der Waals surface area contributed by atoms with Crippen LogP contribution < -0.4 is 0 Å². The van der Waals surface area contributed by atoms with E-state index in [1.807, 2.05) is 45.0 Å². The molecule has 0 N–H and O–H groups in total. The van der Waals surface area contributed by atoms with Crippen LogP contribution in [0.15, 0.2) is 48.5 Å². The van der Waals surface area contributed by atoms with Crippen molar-refractivity contribution in [2.45, 2.75) is 107 Å². The van der Waals surface area contributed by atoms with Gasteiger partial charge in [0.15, 0.2) is 0 Å². The van der Waals surface area contributed by atoms with Gasteiger partial charge in [-0.05, 0) is 76.9 Å². The first kappa shape index (κ1) is 37.5. The molecule has 8 heterocycles. The van der Waals surface area contributed by atoms with Gasteiger partial charge in [0.2, 0.25) is 0 Å². The van der Waals surface area contributed by atoms with Gasteiger partial charge in [-0.3, -0.25) is 14.5 Å².